The Bertz CT molecular complexity index is 3590. The van der Waals surface area contributed by atoms with E-state index < -0.39 is 10.8 Å². The number of benzene rings is 9. The Balaban J connectivity index is 0.951. The smallest absolute Gasteiger partial charge is 0.132 e. The molecule has 318 valence electrons. The van der Waals surface area contributed by atoms with Gasteiger partial charge in [0.2, 0.25) is 0 Å². The minimum atomic E-state index is -0.680. The molecule has 0 fully saturated rings. The molecule has 4 aliphatic heterocycles. The molecule has 1 aromatic heterocycles. The van der Waals surface area contributed by atoms with E-state index in [9.17, 15) is 5.26 Å². The fourth-order valence-corrected chi connectivity index (χ4v) is 12.0. The van der Waals surface area contributed by atoms with Gasteiger partial charge in [-0.1, -0.05) is 152 Å². The van der Waals surface area contributed by atoms with Gasteiger partial charge in [-0.2, -0.15) is 5.26 Å². The van der Waals surface area contributed by atoms with Crippen LogP contribution in [0.25, 0.3) is 11.1 Å². The molecule has 4 aliphatic rings. The number of ether oxygens (including phenoxy) is 2. The van der Waals surface area contributed by atoms with E-state index in [-0.39, 0.29) is 0 Å². The zero-order valence-corrected chi connectivity index (χ0v) is 36.5. The van der Waals surface area contributed by atoms with Crippen LogP contribution in [0.2, 0.25) is 0 Å². The molecule has 14 rings (SSSR count). The van der Waals surface area contributed by atoms with Crippen molar-refractivity contribution in [2.75, 3.05) is 9.80 Å². The van der Waals surface area contributed by atoms with Gasteiger partial charge in [0.25, 0.3) is 0 Å². The van der Waals surface area contributed by atoms with Gasteiger partial charge in [0.05, 0.1) is 50.5 Å². The van der Waals surface area contributed by atoms with Crippen molar-refractivity contribution < 1.29 is 9.47 Å². The minimum Gasteiger partial charge on any atom is -0.457 e. The lowest BCUT2D eigenvalue weighted by Gasteiger charge is -2.48. The van der Waals surface area contributed by atoms with Crippen LogP contribution in [-0.2, 0) is 10.8 Å². The molecule has 0 bridgehead atoms. The predicted octanol–water partition coefficient (Wildman–Crippen LogP) is 15.2. The molecule has 0 saturated carbocycles. The Kier molecular flexibility index (Phi) is 8.08. The average molecular weight is 871 g/mol. The highest BCUT2D eigenvalue weighted by Crippen LogP contribution is 2.65. The van der Waals surface area contributed by atoms with Crippen LogP contribution in [0.3, 0.4) is 0 Å². The first-order valence-electron chi connectivity index (χ1n) is 22.9. The summed E-state index contributed by atoms with van der Waals surface area (Å²) in [6, 6.07) is 79.3. The van der Waals surface area contributed by atoms with Gasteiger partial charge < -0.3 is 19.3 Å². The highest BCUT2D eigenvalue weighted by molar-refractivity contribution is 5.97. The molecule has 6 nitrogen and oxygen atoms in total. The van der Waals surface area contributed by atoms with Crippen molar-refractivity contribution in [2.45, 2.75) is 10.8 Å². The summed E-state index contributed by atoms with van der Waals surface area (Å²) in [6.07, 6.45) is 3.78. The number of fused-ring (bicyclic) bond motifs is 16. The largest absolute Gasteiger partial charge is 0.457 e. The first-order valence-corrected chi connectivity index (χ1v) is 22.9. The van der Waals surface area contributed by atoms with E-state index >= 15 is 0 Å². The number of nitriles is 1. The molecule has 0 amide bonds. The molecule has 0 N–H and O–H groups in total. The molecular formula is C62H38N4O2. The Morgan fingerprint density at radius 1 is 0.368 bits per heavy atom. The molecule has 0 atom stereocenters. The number of pyridine rings is 1. The Morgan fingerprint density at radius 3 is 1.12 bits per heavy atom. The zero-order chi connectivity index (χ0) is 45.0. The number of anilines is 6. The second-order valence-corrected chi connectivity index (χ2v) is 17.7. The molecule has 10 aromatic rings. The lowest BCUT2D eigenvalue weighted by Crippen LogP contribution is -2.39. The Hall–Kier alpha value is -9.18. The topological polar surface area (TPSA) is 61.6 Å². The summed E-state index contributed by atoms with van der Waals surface area (Å²) in [5.41, 5.74) is 15.7. The average Bonchev–Trinajstić information content (AvgIpc) is 3.41. The van der Waals surface area contributed by atoms with Crippen LogP contribution in [0.1, 0.15) is 50.1 Å². The van der Waals surface area contributed by atoms with E-state index in [1.54, 1.807) is 0 Å². The van der Waals surface area contributed by atoms with Gasteiger partial charge in [-0.3, -0.25) is 4.98 Å². The summed E-state index contributed by atoms with van der Waals surface area (Å²) < 4.78 is 13.3. The van der Waals surface area contributed by atoms with Crippen LogP contribution in [-0.4, -0.2) is 4.98 Å². The molecule has 2 spiro atoms. The van der Waals surface area contributed by atoms with Crippen molar-refractivity contribution in [3.8, 4) is 40.2 Å². The maximum absolute atomic E-state index is 11.3. The van der Waals surface area contributed by atoms with Gasteiger partial charge in [0.1, 0.15) is 29.1 Å². The van der Waals surface area contributed by atoms with Crippen molar-refractivity contribution in [2.24, 2.45) is 0 Å². The van der Waals surface area contributed by atoms with E-state index in [1.165, 1.54) is 0 Å². The standard InChI is InChI=1S/C62H38N4O2/c63-38-41-37-40(33-34-51(41)65-53-25-9-1-17-43(53)61(44-18-2-10-26-54(44)65)47-21-5-13-29-57(47)67-58-30-14-6-22-48(58)61)42-39-64-36-35-52(42)66-55-27-11-3-19-45(55)62(46-20-4-12-28-56(46)66)49-23-7-15-31-59(49)68-60-32-16-8-24-50(60)62/h1-37,39H. The van der Waals surface area contributed by atoms with Crippen molar-refractivity contribution in [1.82, 2.24) is 4.98 Å². The second-order valence-electron chi connectivity index (χ2n) is 17.7. The summed E-state index contributed by atoms with van der Waals surface area (Å²) in [5.74, 6) is 3.34. The van der Waals surface area contributed by atoms with Crippen LogP contribution in [0.5, 0.6) is 23.0 Å². The number of hydrogen-bond acceptors (Lipinski definition) is 6. The van der Waals surface area contributed by atoms with Crippen molar-refractivity contribution in [1.29, 1.82) is 5.26 Å². The van der Waals surface area contributed by atoms with E-state index in [0.29, 0.717) is 5.56 Å². The molecule has 0 saturated heterocycles. The highest BCUT2D eigenvalue weighted by atomic mass is 16.5. The number of nitrogens with zero attached hydrogens (tertiary/aromatic N) is 4. The molecule has 5 heterocycles. The van der Waals surface area contributed by atoms with Crippen LogP contribution < -0.4 is 19.3 Å². The summed E-state index contributed by atoms with van der Waals surface area (Å²) >= 11 is 0. The van der Waals surface area contributed by atoms with Gasteiger partial charge in [-0.15, -0.1) is 0 Å². The third-order valence-corrected chi connectivity index (χ3v) is 14.5. The lowest BCUT2D eigenvalue weighted by atomic mass is 9.61. The molecular weight excluding hydrogens is 833 g/mol. The Labute approximate surface area is 393 Å². The summed E-state index contributed by atoms with van der Waals surface area (Å²) in [4.78, 5) is 9.37. The van der Waals surface area contributed by atoms with Crippen molar-refractivity contribution in [3.63, 3.8) is 0 Å². The van der Waals surface area contributed by atoms with Crippen LogP contribution in [0.15, 0.2) is 231 Å². The van der Waals surface area contributed by atoms with E-state index in [1.807, 2.05) is 42.7 Å². The molecule has 0 aliphatic carbocycles. The second kappa shape index (κ2) is 14.4. The summed E-state index contributed by atoms with van der Waals surface area (Å²) in [7, 11) is 0. The quantitative estimate of drug-likeness (QED) is 0.176. The lowest BCUT2D eigenvalue weighted by molar-refractivity contribution is 0.434. The first-order chi connectivity index (χ1) is 33.7. The fourth-order valence-electron chi connectivity index (χ4n) is 12.0. The van der Waals surface area contributed by atoms with Crippen molar-refractivity contribution >= 4 is 34.1 Å². The van der Waals surface area contributed by atoms with Crippen LogP contribution in [0, 0.1) is 11.3 Å². The maximum atomic E-state index is 11.3. The van der Waals surface area contributed by atoms with Gasteiger partial charge in [-0.25, -0.2) is 0 Å². The van der Waals surface area contributed by atoms with Gasteiger partial charge in [-0.05, 0) is 94.5 Å². The number of rotatable bonds is 3. The fraction of sp³-hybridized carbons (Fsp3) is 0.0323. The van der Waals surface area contributed by atoms with E-state index in [0.717, 1.165) is 113 Å². The predicted molar refractivity (Wildman–Crippen MR) is 268 cm³/mol. The summed E-state index contributed by atoms with van der Waals surface area (Å²) in [5, 5.41) is 11.3. The molecule has 68 heavy (non-hydrogen) atoms. The molecule has 0 radical (unpaired) electrons. The number of aromatic nitrogens is 1. The van der Waals surface area contributed by atoms with E-state index in [2.05, 4.69) is 204 Å². The van der Waals surface area contributed by atoms with Crippen LogP contribution >= 0.6 is 0 Å². The number of para-hydroxylation sites is 8. The molecule has 9 aromatic carbocycles. The minimum absolute atomic E-state index is 0.541. The van der Waals surface area contributed by atoms with Gasteiger partial charge in [0.15, 0.2) is 0 Å². The van der Waals surface area contributed by atoms with Crippen molar-refractivity contribution in [3.05, 3.63) is 281 Å². The first kappa shape index (κ1) is 38.1. The third-order valence-electron chi connectivity index (χ3n) is 14.5. The Morgan fingerprint density at radius 2 is 0.721 bits per heavy atom. The monoisotopic (exact) mass is 870 g/mol. The zero-order valence-electron chi connectivity index (χ0n) is 36.5. The van der Waals surface area contributed by atoms with Gasteiger partial charge in [0, 0.05) is 40.2 Å². The number of hydrogen-bond donors (Lipinski definition) is 0. The normalized spacial score (nSPS) is 14.6. The van der Waals surface area contributed by atoms with E-state index in [4.69, 9.17) is 14.5 Å². The maximum Gasteiger partial charge on any atom is 0.132 e. The summed E-state index contributed by atoms with van der Waals surface area (Å²) in [6.45, 7) is 0. The highest BCUT2D eigenvalue weighted by Gasteiger charge is 2.53. The third kappa shape index (κ3) is 4.97. The molecule has 0 unspecified atom stereocenters. The SMILES string of the molecule is N#Cc1cc(-c2cnccc2N2c3ccccc3C3(c4ccccc4Oc4ccccc43)c3ccccc32)ccc1N1c2ccccc2C2(c3ccccc3Oc3ccccc32)c2ccccc21. The van der Waals surface area contributed by atoms with Crippen LogP contribution in [0.4, 0.5) is 34.1 Å². The molecule has 6 heteroatoms. The van der Waals surface area contributed by atoms with Gasteiger partial charge >= 0.3 is 0 Å².